The molecule has 3 aromatic carbocycles. The maximum absolute atomic E-state index is 13.5. The number of hydrogen-bond donors (Lipinski definition) is 0. The topological polar surface area (TPSA) is 68.1 Å². The predicted octanol–water partition coefficient (Wildman–Crippen LogP) is 3.97. The number of rotatable bonds is 6. The van der Waals surface area contributed by atoms with E-state index in [1.54, 1.807) is 47.3 Å². The van der Waals surface area contributed by atoms with E-state index in [1.807, 2.05) is 55.5 Å². The van der Waals surface area contributed by atoms with Gasteiger partial charge < -0.3 is 0 Å². The molecule has 0 aliphatic carbocycles. The molecule has 0 spiro atoms. The van der Waals surface area contributed by atoms with Gasteiger partial charge in [0.25, 0.3) is 10.0 Å². The smallest absolute Gasteiger partial charge is 0.264 e. The van der Waals surface area contributed by atoms with E-state index in [4.69, 9.17) is 0 Å². The molecule has 0 fully saturated rings. The van der Waals surface area contributed by atoms with Gasteiger partial charge >= 0.3 is 0 Å². The van der Waals surface area contributed by atoms with Gasteiger partial charge in [0.2, 0.25) is 0 Å². The third-order valence-corrected chi connectivity index (χ3v) is 6.38. The van der Waals surface area contributed by atoms with E-state index in [0.29, 0.717) is 11.5 Å². The van der Waals surface area contributed by atoms with E-state index in [1.165, 1.54) is 4.31 Å². The van der Waals surface area contributed by atoms with E-state index in [2.05, 4.69) is 10.2 Å². The molecule has 29 heavy (non-hydrogen) atoms. The summed E-state index contributed by atoms with van der Waals surface area (Å²) in [6, 6.07) is 25.5. The van der Waals surface area contributed by atoms with Gasteiger partial charge in [0.05, 0.1) is 17.1 Å². The Morgan fingerprint density at radius 2 is 1.48 bits per heavy atom. The molecule has 4 rings (SSSR count). The number of sulfonamides is 1. The first-order chi connectivity index (χ1) is 14.1. The summed E-state index contributed by atoms with van der Waals surface area (Å²) in [4.78, 5) is 0.234. The Morgan fingerprint density at radius 3 is 2.14 bits per heavy atom. The highest BCUT2D eigenvalue weighted by molar-refractivity contribution is 7.92. The standard InChI is InChI=1S/C22H20N4O2S/c1-18-12-14-21(15-13-18)29(27,28)26(20-10-6-3-7-11-20)16-22-24-23-17-25(22)19-8-4-2-5-9-19/h2-15,17H,16H2,1H3. The molecule has 0 saturated heterocycles. The first kappa shape index (κ1) is 18.9. The lowest BCUT2D eigenvalue weighted by Gasteiger charge is -2.24. The summed E-state index contributed by atoms with van der Waals surface area (Å²) >= 11 is 0. The van der Waals surface area contributed by atoms with Crippen molar-refractivity contribution in [2.24, 2.45) is 0 Å². The monoisotopic (exact) mass is 404 g/mol. The van der Waals surface area contributed by atoms with E-state index in [-0.39, 0.29) is 11.4 Å². The van der Waals surface area contributed by atoms with E-state index < -0.39 is 10.0 Å². The summed E-state index contributed by atoms with van der Waals surface area (Å²) in [5.74, 6) is 0.524. The predicted molar refractivity (Wildman–Crippen MR) is 112 cm³/mol. The summed E-state index contributed by atoms with van der Waals surface area (Å²) in [6.07, 6.45) is 1.59. The second kappa shape index (κ2) is 7.89. The van der Waals surface area contributed by atoms with Crippen LogP contribution in [0.1, 0.15) is 11.4 Å². The van der Waals surface area contributed by atoms with Crippen LogP contribution in [0.3, 0.4) is 0 Å². The van der Waals surface area contributed by atoms with Crippen LogP contribution in [0.25, 0.3) is 5.69 Å². The van der Waals surface area contributed by atoms with Crippen molar-refractivity contribution in [3.63, 3.8) is 0 Å². The van der Waals surface area contributed by atoms with Gasteiger partial charge in [-0.3, -0.25) is 8.87 Å². The van der Waals surface area contributed by atoms with Crippen molar-refractivity contribution in [3.05, 3.63) is 103 Å². The minimum absolute atomic E-state index is 0.0507. The maximum Gasteiger partial charge on any atom is 0.264 e. The van der Waals surface area contributed by atoms with Crippen molar-refractivity contribution in [3.8, 4) is 5.69 Å². The van der Waals surface area contributed by atoms with Gasteiger partial charge in [0.15, 0.2) is 5.82 Å². The second-order valence-electron chi connectivity index (χ2n) is 6.61. The molecule has 0 radical (unpaired) electrons. The summed E-state index contributed by atoms with van der Waals surface area (Å²) < 4.78 is 30.1. The average Bonchev–Trinajstić information content (AvgIpc) is 3.22. The normalized spacial score (nSPS) is 11.3. The van der Waals surface area contributed by atoms with Crippen LogP contribution >= 0.6 is 0 Å². The minimum Gasteiger partial charge on any atom is -0.284 e. The number of nitrogens with zero attached hydrogens (tertiary/aromatic N) is 4. The van der Waals surface area contributed by atoms with Gasteiger partial charge in [-0.25, -0.2) is 8.42 Å². The summed E-state index contributed by atoms with van der Waals surface area (Å²) in [5.41, 5.74) is 2.43. The van der Waals surface area contributed by atoms with Crippen LogP contribution in [0.4, 0.5) is 5.69 Å². The lowest BCUT2D eigenvalue weighted by Crippen LogP contribution is -2.31. The van der Waals surface area contributed by atoms with E-state index in [9.17, 15) is 8.42 Å². The van der Waals surface area contributed by atoms with Gasteiger partial charge in [-0.15, -0.1) is 10.2 Å². The Morgan fingerprint density at radius 1 is 0.862 bits per heavy atom. The first-order valence-electron chi connectivity index (χ1n) is 9.14. The molecule has 1 aromatic heterocycles. The summed E-state index contributed by atoms with van der Waals surface area (Å²) in [5, 5.41) is 8.19. The minimum atomic E-state index is -3.79. The van der Waals surface area contributed by atoms with Crippen molar-refractivity contribution >= 4 is 15.7 Å². The van der Waals surface area contributed by atoms with Gasteiger partial charge in [-0.05, 0) is 43.3 Å². The second-order valence-corrected chi connectivity index (χ2v) is 8.48. The van der Waals surface area contributed by atoms with Gasteiger partial charge in [-0.2, -0.15) is 0 Å². The van der Waals surface area contributed by atoms with Crippen LogP contribution in [0.2, 0.25) is 0 Å². The van der Waals surface area contributed by atoms with Crippen molar-refractivity contribution in [1.29, 1.82) is 0 Å². The number of aromatic nitrogens is 3. The Labute approximate surface area is 170 Å². The average molecular weight is 404 g/mol. The molecular formula is C22H20N4O2S. The number of aryl methyl sites for hydroxylation is 1. The molecule has 0 aliphatic rings. The van der Waals surface area contributed by atoms with Gasteiger partial charge in [0, 0.05) is 5.69 Å². The largest absolute Gasteiger partial charge is 0.284 e. The summed E-state index contributed by atoms with van der Waals surface area (Å²) in [7, 11) is -3.79. The fourth-order valence-corrected chi connectivity index (χ4v) is 4.47. The highest BCUT2D eigenvalue weighted by Gasteiger charge is 2.27. The number of hydrogen-bond acceptors (Lipinski definition) is 4. The maximum atomic E-state index is 13.5. The molecular weight excluding hydrogens is 384 g/mol. The van der Waals surface area contributed by atoms with Crippen LogP contribution in [0.5, 0.6) is 0 Å². The Hall–Kier alpha value is -3.45. The molecule has 4 aromatic rings. The van der Waals surface area contributed by atoms with Crippen molar-refractivity contribution in [2.45, 2.75) is 18.4 Å². The third-order valence-electron chi connectivity index (χ3n) is 4.59. The van der Waals surface area contributed by atoms with Crippen LogP contribution in [-0.2, 0) is 16.6 Å². The lowest BCUT2D eigenvalue weighted by molar-refractivity contribution is 0.588. The SMILES string of the molecule is Cc1ccc(S(=O)(=O)N(Cc2nncn2-c2ccccc2)c2ccccc2)cc1. The highest BCUT2D eigenvalue weighted by atomic mass is 32.2. The van der Waals surface area contributed by atoms with Crippen molar-refractivity contribution in [2.75, 3.05) is 4.31 Å². The van der Waals surface area contributed by atoms with Crippen LogP contribution in [0.15, 0.2) is 96.2 Å². The zero-order valence-corrected chi connectivity index (χ0v) is 16.7. The molecule has 0 atom stereocenters. The van der Waals surface area contributed by atoms with Crippen molar-refractivity contribution < 1.29 is 8.42 Å². The molecule has 0 aliphatic heterocycles. The summed E-state index contributed by atoms with van der Waals surface area (Å²) in [6.45, 7) is 1.98. The van der Waals surface area contributed by atoms with E-state index in [0.717, 1.165) is 11.3 Å². The Balaban J connectivity index is 1.78. The molecule has 0 amide bonds. The van der Waals surface area contributed by atoms with Crippen LogP contribution in [0, 0.1) is 6.92 Å². The zero-order valence-electron chi connectivity index (χ0n) is 15.9. The quantitative estimate of drug-likeness (QED) is 0.488. The molecule has 1 heterocycles. The number of para-hydroxylation sites is 2. The first-order valence-corrected chi connectivity index (χ1v) is 10.6. The van der Waals surface area contributed by atoms with Crippen LogP contribution < -0.4 is 4.31 Å². The molecule has 0 N–H and O–H groups in total. The Kier molecular flexibility index (Phi) is 5.14. The molecule has 146 valence electrons. The molecule has 0 bridgehead atoms. The Bertz CT molecular complexity index is 1190. The van der Waals surface area contributed by atoms with Crippen LogP contribution in [-0.4, -0.2) is 23.2 Å². The zero-order chi connectivity index (χ0) is 20.3. The lowest BCUT2D eigenvalue weighted by atomic mass is 10.2. The molecule has 6 nitrogen and oxygen atoms in total. The number of benzene rings is 3. The van der Waals surface area contributed by atoms with Gasteiger partial charge in [-0.1, -0.05) is 54.1 Å². The molecule has 0 unspecified atom stereocenters. The fourth-order valence-electron chi connectivity index (χ4n) is 3.05. The third kappa shape index (κ3) is 3.90. The fraction of sp³-hybridized carbons (Fsp3) is 0.0909. The highest BCUT2D eigenvalue weighted by Crippen LogP contribution is 2.26. The van der Waals surface area contributed by atoms with Gasteiger partial charge in [0.1, 0.15) is 6.33 Å². The number of anilines is 1. The molecule has 7 heteroatoms. The van der Waals surface area contributed by atoms with E-state index >= 15 is 0 Å². The molecule has 0 saturated carbocycles. The van der Waals surface area contributed by atoms with Crippen molar-refractivity contribution in [1.82, 2.24) is 14.8 Å².